The minimum atomic E-state index is 0.743. The Morgan fingerprint density at radius 3 is 1.70 bits per heavy atom. The summed E-state index contributed by atoms with van der Waals surface area (Å²) in [4.78, 5) is 10.4. The van der Waals surface area contributed by atoms with Gasteiger partial charge in [0.05, 0.1) is 26.9 Å². The van der Waals surface area contributed by atoms with Crippen LogP contribution in [0.5, 0.6) is 0 Å². The van der Waals surface area contributed by atoms with E-state index in [2.05, 4.69) is 162 Å². The fourth-order valence-electron chi connectivity index (χ4n) is 7.29. The van der Waals surface area contributed by atoms with Crippen LogP contribution in [0, 0.1) is 0 Å². The van der Waals surface area contributed by atoms with Crippen molar-refractivity contribution in [2.75, 3.05) is 0 Å². The van der Waals surface area contributed by atoms with Crippen molar-refractivity contribution in [3.8, 4) is 50.6 Å². The van der Waals surface area contributed by atoms with E-state index in [4.69, 9.17) is 9.97 Å². The number of benzene rings is 7. The molecular formula is C46H29N3S. The fourth-order valence-corrected chi connectivity index (χ4v) is 8.58. The van der Waals surface area contributed by atoms with Crippen LogP contribution in [-0.2, 0) is 0 Å². The first-order valence-corrected chi connectivity index (χ1v) is 17.7. The molecule has 0 aliphatic carbocycles. The zero-order valence-electron chi connectivity index (χ0n) is 27.0. The van der Waals surface area contributed by atoms with E-state index in [9.17, 15) is 0 Å². The lowest BCUT2D eigenvalue weighted by Crippen LogP contribution is -1.94. The van der Waals surface area contributed by atoms with Crippen LogP contribution < -0.4 is 0 Å². The summed E-state index contributed by atoms with van der Waals surface area (Å²) in [5, 5.41) is 3.68. The molecule has 10 rings (SSSR count). The second-order valence-corrected chi connectivity index (χ2v) is 13.6. The fraction of sp³-hybridized carbons (Fsp3) is 0. The van der Waals surface area contributed by atoms with Crippen molar-refractivity contribution in [3.05, 3.63) is 176 Å². The Labute approximate surface area is 293 Å². The summed E-state index contributed by atoms with van der Waals surface area (Å²) in [5.74, 6) is 0.743. The molecule has 0 N–H and O–H groups in total. The Kier molecular flexibility index (Phi) is 6.68. The topological polar surface area (TPSA) is 30.7 Å². The molecule has 0 unspecified atom stereocenters. The van der Waals surface area contributed by atoms with Gasteiger partial charge in [-0.05, 0) is 52.6 Å². The van der Waals surface area contributed by atoms with E-state index in [1.54, 1.807) is 11.3 Å². The molecule has 0 aliphatic rings. The van der Waals surface area contributed by atoms with Gasteiger partial charge in [-0.3, -0.25) is 0 Å². The average Bonchev–Trinajstić information content (AvgIpc) is 3.74. The number of hydrogen-bond acceptors (Lipinski definition) is 3. The van der Waals surface area contributed by atoms with Crippen molar-refractivity contribution >= 4 is 53.4 Å². The van der Waals surface area contributed by atoms with Gasteiger partial charge in [-0.1, -0.05) is 146 Å². The summed E-state index contributed by atoms with van der Waals surface area (Å²) < 4.78 is 4.70. The first-order valence-electron chi connectivity index (χ1n) is 16.8. The molecule has 3 nitrogen and oxygen atoms in total. The van der Waals surface area contributed by atoms with Crippen LogP contribution in [0.3, 0.4) is 0 Å². The monoisotopic (exact) mass is 655 g/mol. The molecule has 3 aromatic heterocycles. The zero-order chi connectivity index (χ0) is 33.0. The summed E-state index contributed by atoms with van der Waals surface area (Å²) in [6, 6.07) is 62.5. The van der Waals surface area contributed by atoms with Crippen LogP contribution in [0.15, 0.2) is 176 Å². The number of fused-ring (bicyclic) bond motifs is 6. The lowest BCUT2D eigenvalue weighted by Gasteiger charge is -2.11. The highest BCUT2D eigenvalue weighted by Gasteiger charge is 2.19. The average molecular weight is 656 g/mol. The molecule has 0 spiro atoms. The maximum absolute atomic E-state index is 5.19. The smallest absolute Gasteiger partial charge is 0.160 e. The van der Waals surface area contributed by atoms with Gasteiger partial charge in [0.2, 0.25) is 0 Å². The normalized spacial score (nSPS) is 11.6. The molecule has 7 aromatic carbocycles. The Morgan fingerprint density at radius 2 is 0.960 bits per heavy atom. The molecule has 0 bridgehead atoms. The predicted molar refractivity (Wildman–Crippen MR) is 211 cm³/mol. The minimum absolute atomic E-state index is 0.743. The van der Waals surface area contributed by atoms with Gasteiger partial charge in [0.1, 0.15) is 0 Å². The van der Waals surface area contributed by atoms with Crippen molar-refractivity contribution in [3.63, 3.8) is 0 Å². The lowest BCUT2D eigenvalue weighted by atomic mass is 9.98. The standard InChI is InChI=1S/C46H29N3S/c1-3-14-30(15-4-1)42-45-43(48-46(47-42)31-16-5-2-6-17-31)39-25-13-24-36(44(39)50-45)34-20-11-18-32(28-34)33-19-12-21-35(29-33)49-40-26-9-7-22-37(40)38-23-8-10-27-41(38)49/h1-29H. The van der Waals surface area contributed by atoms with Crippen LogP contribution in [0.2, 0.25) is 0 Å². The summed E-state index contributed by atoms with van der Waals surface area (Å²) in [6.07, 6.45) is 0. The number of rotatable bonds is 5. The molecule has 4 heteroatoms. The van der Waals surface area contributed by atoms with Gasteiger partial charge < -0.3 is 4.57 Å². The van der Waals surface area contributed by atoms with Gasteiger partial charge in [0.25, 0.3) is 0 Å². The Bertz CT molecular complexity index is 2810. The molecule has 10 aromatic rings. The predicted octanol–water partition coefficient (Wildman–Crippen LogP) is 12.6. The summed E-state index contributed by atoms with van der Waals surface area (Å²) in [7, 11) is 0. The Morgan fingerprint density at radius 1 is 0.400 bits per heavy atom. The highest BCUT2D eigenvalue weighted by molar-refractivity contribution is 7.26. The molecule has 0 atom stereocenters. The van der Waals surface area contributed by atoms with Crippen LogP contribution in [0.4, 0.5) is 0 Å². The van der Waals surface area contributed by atoms with Crippen LogP contribution in [-0.4, -0.2) is 14.5 Å². The van der Waals surface area contributed by atoms with E-state index < -0.39 is 0 Å². The van der Waals surface area contributed by atoms with Crippen molar-refractivity contribution in [1.29, 1.82) is 0 Å². The Hall–Kier alpha value is -6.36. The summed E-state index contributed by atoms with van der Waals surface area (Å²) in [5.41, 5.74) is 12.4. The molecule has 3 heterocycles. The highest BCUT2D eigenvalue weighted by Crippen LogP contribution is 2.44. The molecule has 0 saturated carbocycles. The van der Waals surface area contributed by atoms with Gasteiger partial charge in [0.15, 0.2) is 5.82 Å². The molecule has 50 heavy (non-hydrogen) atoms. The van der Waals surface area contributed by atoms with E-state index in [-0.39, 0.29) is 0 Å². The number of nitrogens with zero attached hydrogens (tertiary/aromatic N) is 3. The molecule has 234 valence electrons. The number of aromatic nitrogens is 3. The van der Waals surface area contributed by atoms with Crippen molar-refractivity contribution in [2.45, 2.75) is 0 Å². The summed E-state index contributed by atoms with van der Waals surface area (Å²) >= 11 is 1.78. The van der Waals surface area contributed by atoms with E-state index in [0.29, 0.717) is 0 Å². The van der Waals surface area contributed by atoms with Gasteiger partial charge >= 0.3 is 0 Å². The molecular weight excluding hydrogens is 627 g/mol. The third-order valence-electron chi connectivity index (χ3n) is 9.61. The van der Waals surface area contributed by atoms with Gasteiger partial charge in [-0.25, -0.2) is 9.97 Å². The Balaban J connectivity index is 1.13. The minimum Gasteiger partial charge on any atom is -0.309 e. The van der Waals surface area contributed by atoms with Crippen molar-refractivity contribution < 1.29 is 0 Å². The van der Waals surface area contributed by atoms with Crippen LogP contribution in [0.1, 0.15) is 0 Å². The van der Waals surface area contributed by atoms with Gasteiger partial charge in [-0.15, -0.1) is 11.3 Å². The van der Waals surface area contributed by atoms with E-state index in [0.717, 1.165) is 43.9 Å². The maximum Gasteiger partial charge on any atom is 0.160 e. The van der Waals surface area contributed by atoms with E-state index in [1.165, 1.54) is 48.8 Å². The zero-order valence-corrected chi connectivity index (χ0v) is 27.8. The third-order valence-corrected chi connectivity index (χ3v) is 10.8. The number of para-hydroxylation sites is 2. The molecule has 0 aliphatic heterocycles. The quantitative estimate of drug-likeness (QED) is 0.185. The lowest BCUT2D eigenvalue weighted by molar-refractivity contribution is 1.18. The second kappa shape index (κ2) is 11.7. The second-order valence-electron chi connectivity index (χ2n) is 12.6. The van der Waals surface area contributed by atoms with Crippen molar-refractivity contribution in [1.82, 2.24) is 14.5 Å². The van der Waals surface area contributed by atoms with E-state index in [1.807, 2.05) is 18.2 Å². The van der Waals surface area contributed by atoms with Crippen LogP contribution >= 0.6 is 11.3 Å². The van der Waals surface area contributed by atoms with Crippen molar-refractivity contribution in [2.24, 2.45) is 0 Å². The maximum atomic E-state index is 5.19. The first-order chi connectivity index (χ1) is 24.8. The third kappa shape index (κ3) is 4.65. The molecule has 0 fully saturated rings. The van der Waals surface area contributed by atoms with E-state index >= 15 is 0 Å². The summed E-state index contributed by atoms with van der Waals surface area (Å²) in [6.45, 7) is 0. The van der Waals surface area contributed by atoms with Gasteiger partial charge in [0, 0.05) is 37.7 Å². The van der Waals surface area contributed by atoms with Gasteiger partial charge in [-0.2, -0.15) is 0 Å². The molecule has 0 saturated heterocycles. The largest absolute Gasteiger partial charge is 0.309 e. The van der Waals surface area contributed by atoms with Crippen LogP contribution in [0.25, 0.3) is 92.7 Å². The highest BCUT2D eigenvalue weighted by atomic mass is 32.1. The SMILES string of the molecule is c1ccc(-c2nc(-c3ccccc3)c3sc4c(-c5cccc(-c6cccc(-n7c8ccccc8c8ccccc87)c6)c5)cccc4c3n2)cc1. The molecule has 0 radical (unpaired) electrons. The molecule has 0 amide bonds. The number of hydrogen-bond donors (Lipinski definition) is 0. The number of thiophene rings is 1. The first kappa shape index (κ1) is 28.6.